The molecule has 3 atom stereocenters. The van der Waals surface area contributed by atoms with E-state index in [-0.39, 0.29) is 6.04 Å². The Morgan fingerprint density at radius 1 is 1.15 bits per heavy atom. The van der Waals surface area contributed by atoms with Gasteiger partial charge in [-0.1, -0.05) is 45.0 Å². The van der Waals surface area contributed by atoms with Crippen LogP contribution in [0.25, 0.3) is 0 Å². The Morgan fingerprint density at radius 2 is 1.80 bits per heavy atom. The van der Waals surface area contributed by atoms with Crippen molar-refractivity contribution in [1.82, 2.24) is 0 Å². The van der Waals surface area contributed by atoms with E-state index in [9.17, 15) is 0 Å². The summed E-state index contributed by atoms with van der Waals surface area (Å²) in [5.74, 6) is 3.15. The minimum absolute atomic E-state index is 0.280. The van der Waals surface area contributed by atoms with E-state index < -0.39 is 0 Å². The number of benzene rings is 1. The topological polar surface area (TPSA) is 26.0 Å². The Labute approximate surface area is 132 Å². The molecule has 0 bridgehead atoms. The lowest BCUT2D eigenvalue weighted by molar-refractivity contribution is 0.597. The second-order valence-corrected chi connectivity index (χ2v) is 8.55. The van der Waals surface area contributed by atoms with Crippen molar-refractivity contribution >= 4 is 23.5 Å². The fourth-order valence-electron chi connectivity index (χ4n) is 2.76. The van der Waals surface area contributed by atoms with Gasteiger partial charge in [0.15, 0.2) is 0 Å². The molecule has 20 heavy (non-hydrogen) atoms. The van der Waals surface area contributed by atoms with E-state index in [2.05, 4.69) is 68.6 Å². The monoisotopic (exact) mass is 309 g/mol. The Bertz CT molecular complexity index is 402. The lowest BCUT2D eigenvalue weighted by atomic mass is 9.97. The van der Waals surface area contributed by atoms with Gasteiger partial charge in [0.05, 0.1) is 0 Å². The van der Waals surface area contributed by atoms with Crippen LogP contribution in [0.3, 0.4) is 0 Å². The molecule has 2 rings (SSSR count). The Hall–Kier alpha value is -0.120. The van der Waals surface area contributed by atoms with Gasteiger partial charge in [0.2, 0.25) is 0 Å². The average Bonchev–Trinajstić information content (AvgIpc) is 2.47. The largest absolute Gasteiger partial charge is 0.326 e. The highest BCUT2D eigenvalue weighted by molar-refractivity contribution is 8.07. The van der Waals surface area contributed by atoms with Gasteiger partial charge in [-0.15, -0.1) is 0 Å². The summed E-state index contributed by atoms with van der Waals surface area (Å²) < 4.78 is 0. The van der Waals surface area contributed by atoms with E-state index in [4.69, 9.17) is 5.73 Å². The molecule has 1 nitrogen and oxygen atoms in total. The van der Waals surface area contributed by atoms with Crippen LogP contribution in [0.2, 0.25) is 0 Å². The predicted molar refractivity (Wildman–Crippen MR) is 95.0 cm³/mol. The molecule has 1 aliphatic heterocycles. The number of hydrogen-bond acceptors (Lipinski definition) is 3. The molecule has 1 aromatic rings. The third-order valence-corrected chi connectivity index (χ3v) is 7.46. The molecular formula is C17H27NS2. The molecule has 1 heterocycles. The van der Waals surface area contributed by atoms with Gasteiger partial charge in [0.25, 0.3) is 0 Å². The zero-order chi connectivity index (χ0) is 14.5. The molecule has 2 N–H and O–H groups in total. The van der Waals surface area contributed by atoms with Crippen LogP contribution in [-0.2, 0) is 6.42 Å². The lowest BCUT2D eigenvalue weighted by Crippen LogP contribution is -2.43. The van der Waals surface area contributed by atoms with Gasteiger partial charge in [0, 0.05) is 28.0 Å². The molecule has 0 spiro atoms. The third kappa shape index (κ3) is 4.19. The second kappa shape index (κ2) is 7.77. The van der Waals surface area contributed by atoms with Gasteiger partial charge >= 0.3 is 0 Å². The summed E-state index contributed by atoms with van der Waals surface area (Å²) in [5.41, 5.74) is 9.31. The number of thioether (sulfide) groups is 2. The minimum Gasteiger partial charge on any atom is -0.326 e. The highest BCUT2D eigenvalue weighted by Gasteiger charge is 2.29. The highest BCUT2D eigenvalue weighted by atomic mass is 32.2. The smallest absolute Gasteiger partial charge is 0.0321 e. The van der Waals surface area contributed by atoms with E-state index in [0.29, 0.717) is 11.2 Å². The molecule has 3 unspecified atom stereocenters. The van der Waals surface area contributed by atoms with Crippen molar-refractivity contribution in [3.8, 4) is 0 Å². The molecule has 0 aromatic heterocycles. The summed E-state index contributed by atoms with van der Waals surface area (Å²) in [6, 6.07) is 9.32. The molecular weight excluding hydrogens is 282 g/mol. The van der Waals surface area contributed by atoms with Gasteiger partial charge in [0.1, 0.15) is 0 Å². The number of rotatable bonds is 5. The van der Waals surface area contributed by atoms with E-state index in [1.54, 1.807) is 0 Å². The van der Waals surface area contributed by atoms with Crippen molar-refractivity contribution in [2.45, 2.75) is 56.1 Å². The van der Waals surface area contributed by atoms with Gasteiger partial charge < -0.3 is 5.73 Å². The van der Waals surface area contributed by atoms with Crippen LogP contribution in [0.15, 0.2) is 24.3 Å². The molecule has 1 saturated heterocycles. The van der Waals surface area contributed by atoms with Crippen molar-refractivity contribution in [3.63, 3.8) is 0 Å². The van der Waals surface area contributed by atoms with Crippen molar-refractivity contribution in [2.75, 3.05) is 11.5 Å². The molecule has 0 saturated carbocycles. The Balaban J connectivity index is 1.97. The summed E-state index contributed by atoms with van der Waals surface area (Å²) in [4.78, 5) is 0. The van der Waals surface area contributed by atoms with Crippen molar-refractivity contribution in [3.05, 3.63) is 35.4 Å². The first-order valence-corrected chi connectivity index (χ1v) is 9.79. The normalized spacial score (nSPS) is 24.9. The molecule has 1 aromatic carbocycles. The average molecular weight is 310 g/mol. The van der Waals surface area contributed by atoms with Crippen LogP contribution < -0.4 is 5.73 Å². The molecule has 0 aliphatic carbocycles. The molecule has 1 fully saturated rings. The molecule has 0 radical (unpaired) electrons. The zero-order valence-electron chi connectivity index (χ0n) is 12.8. The lowest BCUT2D eigenvalue weighted by Gasteiger charge is -2.34. The third-order valence-electron chi connectivity index (χ3n) is 4.03. The maximum atomic E-state index is 6.51. The minimum atomic E-state index is 0.280. The van der Waals surface area contributed by atoms with Crippen molar-refractivity contribution in [1.29, 1.82) is 0 Å². The zero-order valence-corrected chi connectivity index (χ0v) is 14.5. The first-order valence-electron chi connectivity index (χ1n) is 7.69. The summed E-state index contributed by atoms with van der Waals surface area (Å²) >= 11 is 4.20. The first kappa shape index (κ1) is 16.3. The van der Waals surface area contributed by atoms with E-state index in [0.717, 1.165) is 11.7 Å². The molecule has 0 amide bonds. The van der Waals surface area contributed by atoms with Gasteiger partial charge in [-0.3, -0.25) is 0 Å². The standard InChI is InChI=1S/C17H27NS2/c1-4-16-17(20-10-9-19-16)15(18)11-13-5-7-14(8-6-13)12(2)3/h5-8,12,15-17H,4,9-11,18H2,1-3H3. The Morgan fingerprint density at radius 3 is 2.40 bits per heavy atom. The molecule has 1 aliphatic rings. The molecule has 3 heteroatoms. The SMILES string of the molecule is CCC1SCCSC1C(N)Cc1ccc(C(C)C)cc1. The number of hydrogen-bond donors (Lipinski definition) is 1. The van der Waals surface area contributed by atoms with Crippen LogP contribution in [0.1, 0.15) is 44.2 Å². The van der Waals surface area contributed by atoms with E-state index in [1.807, 2.05) is 0 Å². The fraction of sp³-hybridized carbons (Fsp3) is 0.647. The summed E-state index contributed by atoms with van der Waals surface area (Å²) in [6.45, 7) is 6.77. The maximum absolute atomic E-state index is 6.51. The van der Waals surface area contributed by atoms with Gasteiger partial charge in [-0.25, -0.2) is 0 Å². The van der Waals surface area contributed by atoms with Gasteiger partial charge in [-0.05, 0) is 29.9 Å². The maximum Gasteiger partial charge on any atom is 0.0321 e. The van der Waals surface area contributed by atoms with Crippen molar-refractivity contribution < 1.29 is 0 Å². The van der Waals surface area contributed by atoms with Crippen molar-refractivity contribution in [2.24, 2.45) is 5.73 Å². The first-order chi connectivity index (χ1) is 9.61. The van der Waals surface area contributed by atoms with Crippen LogP contribution in [-0.4, -0.2) is 28.0 Å². The van der Waals surface area contributed by atoms with Crippen LogP contribution in [0.4, 0.5) is 0 Å². The summed E-state index contributed by atoms with van der Waals surface area (Å²) in [6.07, 6.45) is 2.25. The van der Waals surface area contributed by atoms with Crippen LogP contribution in [0.5, 0.6) is 0 Å². The summed E-state index contributed by atoms with van der Waals surface area (Å²) in [7, 11) is 0. The second-order valence-electron chi connectivity index (χ2n) is 5.92. The van der Waals surface area contributed by atoms with Gasteiger partial charge in [-0.2, -0.15) is 23.5 Å². The molecule has 112 valence electrons. The van der Waals surface area contributed by atoms with Crippen LogP contribution in [0, 0.1) is 0 Å². The predicted octanol–water partition coefficient (Wildman–Crippen LogP) is 4.31. The summed E-state index contributed by atoms with van der Waals surface area (Å²) in [5, 5.41) is 1.35. The van der Waals surface area contributed by atoms with E-state index in [1.165, 1.54) is 29.1 Å². The fourth-order valence-corrected chi connectivity index (χ4v) is 5.96. The Kier molecular flexibility index (Phi) is 6.31. The quantitative estimate of drug-likeness (QED) is 0.878. The van der Waals surface area contributed by atoms with Crippen LogP contribution >= 0.6 is 23.5 Å². The number of nitrogens with two attached hydrogens (primary N) is 1. The van der Waals surface area contributed by atoms with E-state index >= 15 is 0 Å². The highest BCUT2D eigenvalue weighted by Crippen LogP contribution is 2.35.